The van der Waals surface area contributed by atoms with Crippen LogP contribution in [0, 0.1) is 0 Å². The molecule has 0 aliphatic heterocycles. The first-order chi connectivity index (χ1) is 15.5. The Morgan fingerprint density at radius 2 is 1.56 bits per heavy atom. The minimum absolute atomic E-state index is 0.0299. The molecule has 0 spiro atoms. The highest BCUT2D eigenvalue weighted by atomic mass is 32.2. The summed E-state index contributed by atoms with van der Waals surface area (Å²) in [5.41, 5.74) is 0.358. The van der Waals surface area contributed by atoms with E-state index < -0.39 is 10.0 Å². The van der Waals surface area contributed by atoms with Crippen LogP contribution in [0.25, 0.3) is 5.82 Å². The van der Waals surface area contributed by atoms with Gasteiger partial charge in [0.05, 0.1) is 14.2 Å². The van der Waals surface area contributed by atoms with Gasteiger partial charge >= 0.3 is 0 Å². The summed E-state index contributed by atoms with van der Waals surface area (Å²) in [6.07, 6.45) is 3.73. The Kier molecular flexibility index (Phi) is 5.95. The van der Waals surface area contributed by atoms with Crippen molar-refractivity contribution >= 4 is 15.7 Å². The second-order valence-corrected chi connectivity index (χ2v) is 8.22. The smallest absolute Gasteiger partial charge is 0.265 e. The van der Waals surface area contributed by atoms with E-state index >= 15 is 0 Å². The largest absolute Gasteiger partial charge is 0.497 e. The Hall–Kier alpha value is -4.05. The normalized spacial score (nSPS) is 11.1. The topological polar surface area (TPSA) is 105 Å². The van der Waals surface area contributed by atoms with Gasteiger partial charge in [0.1, 0.15) is 22.1 Å². The molecular weight excluding hydrogens is 432 g/mol. The van der Waals surface area contributed by atoms with Crippen molar-refractivity contribution in [1.29, 1.82) is 0 Å². The lowest BCUT2D eigenvalue weighted by molar-refractivity contribution is 0.392. The molecule has 0 amide bonds. The molecule has 32 heavy (non-hydrogen) atoms. The second kappa shape index (κ2) is 8.98. The van der Waals surface area contributed by atoms with E-state index in [1.165, 1.54) is 26.4 Å². The monoisotopic (exact) mass is 452 g/mol. The van der Waals surface area contributed by atoms with Crippen molar-refractivity contribution in [3.63, 3.8) is 0 Å². The van der Waals surface area contributed by atoms with Gasteiger partial charge in [-0.2, -0.15) is 0 Å². The first-order valence-corrected chi connectivity index (χ1v) is 11.0. The number of benzene rings is 2. The molecule has 9 nitrogen and oxygen atoms in total. The molecule has 0 fully saturated rings. The van der Waals surface area contributed by atoms with Gasteiger partial charge in [0.2, 0.25) is 5.88 Å². The van der Waals surface area contributed by atoms with E-state index in [4.69, 9.17) is 14.2 Å². The van der Waals surface area contributed by atoms with Crippen LogP contribution < -0.4 is 18.9 Å². The highest BCUT2D eigenvalue weighted by Crippen LogP contribution is 2.30. The van der Waals surface area contributed by atoms with Crippen LogP contribution in [-0.2, 0) is 10.0 Å². The van der Waals surface area contributed by atoms with E-state index in [1.807, 2.05) is 29.1 Å². The summed E-state index contributed by atoms with van der Waals surface area (Å²) in [4.78, 5) is -0.0299. The Labute approximate surface area is 185 Å². The SMILES string of the molecule is COc1ccc(OC)c(S(=O)(=O)Nc2ccc(Oc3ccc(-n4cccc4)nn3)cc2)c1. The van der Waals surface area contributed by atoms with Crippen LogP contribution in [-0.4, -0.2) is 37.4 Å². The summed E-state index contributed by atoms with van der Waals surface area (Å²) in [5, 5.41) is 8.18. The summed E-state index contributed by atoms with van der Waals surface area (Å²) < 4.78 is 46.1. The Morgan fingerprint density at radius 3 is 2.19 bits per heavy atom. The number of nitrogens with zero attached hydrogens (tertiary/aromatic N) is 3. The van der Waals surface area contributed by atoms with Crippen LogP contribution in [0.4, 0.5) is 5.69 Å². The minimum Gasteiger partial charge on any atom is -0.497 e. The lowest BCUT2D eigenvalue weighted by Crippen LogP contribution is -2.14. The first kappa shape index (κ1) is 21.2. The summed E-state index contributed by atoms with van der Waals surface area (Å²) in [5.74, 6) is 2.07. The molecule has 2 aromatic carbocycles. The van der Waals surface area contributed by atoms with Crippen molar-refractivity contribution in [2.45, 2.75) is 4.90 Å². The Bertz CT molecular complexity index is 1290. The number of ether oxygens (including phenoxy) is 3. The fourth-order valence-electron chi connectivity index (χ4n) is 2.91. The maximum absolute atomic E-state index is 12.9. The average molecular weight is 452 g/mol. The van der Waals surface area contributed by atoms with E-state index in [0.717, 1.165) is 0 Å². The van der Waals surface area contributed by atoms with Gasteiger partial charge in [0.25, 0.3) is 10.0 Å². The summed E-state index contributed by atoms with van der Waals surface area (Å²) >= 11 is 0. The Balaban J connectivity index is 1.47. The van der Waals surface area contributed by atoms with Gasteiger partial charge in [-0.05, 0) is 54.6 Å². The van der Waals surface area contributed by atoms with Gasteiger partial charge in [-0.25, -0.2) is 8.42 Å². The maximum Gasteiger partial charge on any atom is 0.265 e. The number of sulfonamides is 1. The number of aromatic nitrogens is 3. The highest BCUT2D eigenvalue weighted by molar-refractivity contribution is 7.92. The number of methoxy groups -OCH3 is 2. The van der Waals surface area contributed by atoms with E-state index in [9.17, 15) is 8.42 Å². The molecule has 164 valence electrons. The molecule has 0 radical (unpaired) electrons. The molecule has 0 saturated heterocycles. The lowest BCUT2D eigenvalue weighted by Gasteiger charge is -2.13. The number of anilines is 1. The molecule has 2 heterocycles. The molecule has 0 unspecified atom stereocenters. The number of nitrogens with one attached hydrogen (secondary N) is 1. The van der Waals surface area contributed by atoms with Crippen molar-refractivity contribution in [3.05, 3.63) is 79.1 Å². The quantitative estimate of drug-likeness (QED) is 0.433. The van der Waals surface area contributed by atoms with E-state index in [0.29, 0.717) is 28.9 Å². The molecular formula is C22H20N4O5S. The van der Waals surface area contributed by atoms with Gasteiger partial charge < -0.3 is 18.8 Å². The number of rotatable bonds is 8. The van der Waals surface area contributed by atoms with Gasteiger partial charge in [0.15, 0.2) is 5.82 Å². The summed E-state index contributed by atoms with van der Waals surface area (Å²) in [6, 6.07) is 18.3. The van der Waals surface area contributed by atoms with Crippen molar-refractivity contribution in [1.82, 2.24) is 14.8 Å². The van der Waals surface area contributed by atoms with Crippen molar-refractivity contribution in [3.8, 4) is 28.9 Å². The zero-order chi connectivity index (χ0) is 22.6. The zero-order valence-corrected chi connectivity index (χ0v) is 18.1. The fraction of sp³-hybridized carbons (Fsp3) is 0.0909. The molecule has 0 saturated carbocycles. The third-order valence-corrected chi connectivity index (χ3v) is 5.89. The van der Waals surface area contributed by atoms with Crippen LogP contribution in [0.5, 0.6) is 23.1 Å². The average Bonchev–Trinajstić information content (AvgIpc) is 3.35. The number of hydrogen-bond donors (Lipinski definition) is 1. The van der Waals surface area contributed by atoms with Crippen LogP contribution in [0.2, 0.25) is 0 Å². The number of hydrogen-bond acceptors (Lipinski definition) is 7. The second-order valence-electron chi connectivity index (χ2n) is 6.57. The summed E-state index contributed by atoms with van der Waals surface area (Å²) in [6.45, 7) is 0. The Morgan fingerprint density at radius 1 is 0.844 bits per heavy atom. The van der Waals surface area contributed by atoms with Crippen LogP contribution >= 0.6 is 0 Å². The predicted molar refractivity (Wildman–Crippen MR) is 118 cm³/mol. The van der Waals surface area contributed by atoms with Gasteiger partial charge in [0, 0.05) is 30.2 Å². The lowest BCUT2D eigenvalue weighted by atomic mass is 10.3. The molecule has 0 atom stereocenters. The molecule has 4 rings (SSSR count). The molecule has 4 aromatic rings. The molecule has 0 aliphatic rings. The molecule has 0 bridgehead atoms. The molecule has 2 aromatic heterocycles. The first-order valence-electron chi connectivity index (χ1n) is 9.48. The molecule has 0 aliphatic carbocycles. The van der Waals surface area contributed by atoms with Crippen LogP contribution in [0.3, 0.4) is 0 Å². The third kappa shape index (κ3) is 4.65. The van der Waals surface area contributed by atoms with Crippen molar-refractivity contribution in [2.24, 2.45) is 0 Å². The predicted octanol–water partition coefficient (Wildman–Crippen LogP) is 3.88. The van der Waals surface area contributed by atoms with Gasteiger partial charge in [-0.15, -0.1) is 10.2 Å². The van der Waals surface area contributed by atoms with Gasteiger partial charge in [-0.3, -0.25) is 4.72 Å². The molecule has 10 heteroatoms. The highest BCUT2D eigenvalue weighted by Gasteiger charge is 2.21. The summed E-state index contributed by atoms with van der Waals surface area (Å²) in [7, 11) is -1.04. The van der Waals surface area contributed by atoms with E-state index in [-0.39, 0.29) is 10.6 Å². The van der Waals surface area contributed by atoms with Crippen molar-refractivity contribution in [2.75, 3.05) is 18.9 Å². The third-order valence-electron chi connectivity index (χ3n) is 4.48. The van der Waals surface area contributed by atoms with Crippen molar-refractivity contribution < 1.29 is 22.6 Å². The minimum atomic E-state index is -3.91. The van der Waals surface area contributed by atoms with Crippen LogP contribution in [0.1, 0.15) is 0 Å². The maximum atomic E-state index is 12.9. The molecule has 1 N–H and O–H groups in total. The van der Waals surface area contributed by atoms with E-state index in [1.54, 1.807) is 42.5 Å². The fourth-order valence-corrected chi connectivity index (χ4v) is 4.15. The van der Waals surface area contributed by atoms with E-state index in [2.05, 4.69) is 14.9 Å². The zero-order valence-electron chi connectivity index (χ0n) is 17.3. The van der Waals surface area contributed by atoms with Crippen LogP contribution in [0.15, 0.2) is 84.0 Å². The standard InChI is InChI=1S/C22H20N4O5S/c1-29-18-9-10-19(30-2)20(15-18)32(27,28)25-16-5-7-17(8-6-16)31-22-12-11-21(23-24-22)26-13-3-4-14-26/h3-15,25H,1-2H3. The van der Waals surface area contributed by atoms with Gasteiger partial charge in [-0.1, -0.05) is 0 Å².